The molecule has 0 N–H and O–H groups in total. The number of hydrogen-bond donors (Lipinski definition) is 0. The molecule has 1 aliphatic rings. The molecule has 142 valence electrons. The van der Waals surface area contributed by atoms with E-state index in [9.17, 15) is 21.6 Å². The molecule has 2 aromatic rings. The summed E-state index contributed by atoms with van der Waals surface area (Å²) in [5, 5.41) is 0.505. The average Bonchev–Trinajstić information content (AvgIpc) is 3.03. The van der Waals surface area contributed by atoms with E-state index < -0.39 is 21.4 Å². The number of anilines is 1. The molecule has 26 heavy (non-hydrogen) atoms. The molecule has 0 amide bonds. The number of likely N-dealkylation sites (N-methyl/N-ethyl adjacent to an activating group) is 1. The van der Waals surface area contributed by atoms with Gasteiger partial charge in [-0.2, -0.15) is 21.6 Å². The topological polar surface area (TPSA) is 62.7 Å². The summed E-state index contributed by atoms with van der Waals surface area (Å²) in [7, 11) is -1.68. The molecule has 0 bridgehead atoms. The first-order chi connectivity index (χ1) is 12.1. The first kappa shape index (κ1) is 18.7. The van der Waals surface area contributed by atoms with Gasteiger partial charge in [-0.1, -0.05) is 0 Å². The van der Waals surface area contributed by atoms with E-state index in [0.29, 0.717) is 16.9 Å². The van der Waals surface area contributed by atoms with Crippen LogP contribution in [0.2, 0.25) is 0 Å². The summed E-state index contributed by atoms with van der Waals surface area (Å²) in [5.74, 6) is -0.402. The first-order valence-electron chi connectivity index (χ1n) is 7.89. The molecule has 1 atom stereocenters. The Balaban J connectivity index is 1.87. The monoisotopic (exact) mass is 389 g/mol. The Labute approximate surface area is 149 Å². The fourth-order valence-electron chi connectivity index (χ4n) is 2.89. The van der Waals surface area contributed by atoms with Crippen molar-refractivity contribution < 1.29 is 25.8 Å². The van der Waals surface area contributed by atoms with Crippen LogP contribution in [0.1, 0.15) is 6.42 Å². The fraction of sp³-hybridized carbons (Fsp3) is 0.438. The Morgan fingerprint density at radius 2 is 2.00 bits per heavy atom. The van der Waals surface area contributed by atoms with Gasteiger partial charge in [-0.3, -0.25) is 4.98 Å². The zero-order valence-electron chi connectivity index (χ0n) is 14.2. The van der Waals surface area contributed by atoms with Gasteiger partial charge in [-0.15, -0.1) is 0 Å². The van der Waals surface area contributed by atoms with Crippen LogP contribution in [0.5, 0.6) is 5.75 Å². The minimum atomic E-state index is -5.70. The van der Waals surface area contributed by atoms with Gasteiger partial charge in [0.25, 0.3) is 0 Å². The van der Waals surface area contributed by atoms with E-state index in [4.69, 9.17) is 0 Å². The molecule has 10 heteroatoms. The molecule has 1 fully saturated rings. The molecule has 1 aromatic heterocycles. The van der Waals surface area contributed by atoms with Gasteiger partial charge in [0.15, 0.2) is 0 Å². The van der Waals surface area contributed by atoms with Crippen molar-refractivity contribution in [2.75, 3.05) is 32.1 Å². The minimum Gasteiger partial charge on any atom is -0.376 e. The number of aromatic nitrogens is 1. The molecule has 6 nitrogen and oxygen atoms in total. The van der Waals surface area contributed by atoms with Crippen LogP contribution in [-0.2, 0) is 10.1 Å². The van der Waals surface area contributed by atoms with E-state index in [1.165, 1.54) is 12.1 Å². The van der Waals surface area contributed by atoms with Gasteiger partial charge >= 0.3 is 15.6 Å². The zero-order valence-corrected chi connectivity index (χ0v) is 15.0. The summed E-state index contributed by atoms with van der Waals surface area (Å²) in [6.45, 7) is 1.66. The predicted octanol–water partition coefficient (Wildman–Crippen LogP) is 2.60. The van der Waals surface area contributed by atoms with Crippen LogP contribution in [0.3, 0.4) is 0 Å². The van der Waals surface area contributed by atoms with Gasteiger partial charge in [-0.25, -0.2) is 0 Å². The van der Waals surface area contributed by atoms with Crippen LogP contribution >= 0.6 is 0 Å². The second-order valence-corrected chi connectivity index (χ2v) is 7.92. The third-order valence-corrected chi connectivity index (χ3v) is 5.37. The number of fused-ring (bicyclic) bond motifs is 1. The van der Waals surface area contributed by atoms with Crippen LogP contribution in [-0.4, -0.2) is 57.0 Å². The lowest BCUT2D eigenvalue weighted by Crippen LogP contribution is -2.31. The Hall–Kier alpha value is -2.07. The van der Waals surface area contributed by atoms with Crippen molar-refractivity contribution in [3.05, 3.63) is 30.5 Å². The summed E-state index contributed by atoms with van der Waals surface area (Å²) in [4.78, 5) is 8.58. The number of nitrogens with zero attached hydrogens (tertiary/aromatic N) is 3. The molecule has 1 aromatic carbocycles. The molecule has 0 saturated carbocycles. The summed E-state index contributed by atoms with van der Waals surface area (Å²) in [6, 6.07) is 6.00. The van der Waals surface area contributed by atoms with Gasteiger partial charge in [0, 0.05) is 24.5 Å². The van der Waals surface area contributed by atoms with Gasteiger partial charge in [0.05, 0.1) is 17.4 Å². The molecule has 0 radical (unpaired) electrons. The average molecular weight is 389 g/mol. The number of alkyl halides is 3. The van der Waals surface area contributed by atoms with Crippen molar-refractivity contribution in [3.63, 3.8) is 0 Å². The number of benzene rings is 1. The van der Waals surface area contributed by atoms with Crippen LogP contribution in [0.4, 0.5) is 18.9 Å². The van der Waals surface area contributed by atoms with Crippen LogP contribution in [0.25, 0.3) is 10.9 Å². The van der Waals surface area contributed by atoms with Gasteiger partial charge < -0.3 is 14.0 Å². The lowest BCUT2D eigenvalue weighted by atomic mass is 10.2. The number of rotatable bonds is 4. The smallest absolute Gasteiger partial charge is 0.376 e. The Bertz CT molecular complexity index is 916. The molecule has 2 heterocycles. The van der Waals surface area contributed by atoms with Crippen molar-refractivity contribution in [1.82, 2.24) is 9.88 Å². The maximum absolute atomic E-state index is 12.5. The zero-order chi connectivity index (χ0) is 19.1. The predicted molar refractivity (Wildman–Crippen MR) is 91.7 cm³/mol. The molecular formula is C16H18F3N3O3S. The van der Waals surface area contributed by atoms with Crippen LogP contribution in [0, 0.1) is 0 Å². The molecule has 3 rings (SSSR count). The van der Waals surface area contributed by atoms with Crippen LogP contribution in [0.15, 0.2) is 30.5 Å². The van der Waals surface area contributed by atoms with E-state index >= 15 is 0 Å². The Kier molecular flexibility index (Phi) is 4.74. The van der Waals surface area contributed by atoms with Crippen molar-refractivity contribution >= 4 is 26.7 Å². The maximum Gasteiger partial charge on any atom is 0.534 e. The lowest BCUT2D eigenvalue weighted by molar-refractivity contribution is -0.0500. The molecule has 0 aliphatic carbocycles. The van der Waals surface area contributed by atoms with Crippen molar-refractivity contribution in [2.45, 2.75) is 18.0 Å². The van der Waals surface area contributed by atoms with Gasteiger partial charge in [0.2, 0.25) is 0 Å². The first-order valence-corrected chi connectivity index (χ1v) is 9.29. The van der Waals surface area contributed by atoms with Gasteiger partial charge in [-0.05, 0) is 44.8 Å². The molecule has 0 unspecified atom stereocenters. The molecular weight excluding hydrogens is 371 g/mol. The molecule has 0 spiro atoms. The third kappa shape index (κ3) is 3.70. The van der Waals surface area contributed by atoms with Crippen molar-refractivity contribution in [3.8, 4) is 5.75 Å². The van der Waals surface area contributed by atoms with Crippen molar-refractivity contribution in [2.24, 2.45) is 0 Å². The highest BCUT2D eigenvalue weighted by atomic mass is 32.2. The van der Waals surface area contributed by atoms with Crippen LogP contribution < -0.4 is 9.08 Å². The summed E-state index contributed by atoms with van der Waals surface area (Å²) in [6.07, 6.45) is 2.70. The summed E-state index contributed by atoms with van der Waals surface area (Å²) < 4.78 is 63.9. The third-order valence-electron chi connectivity index (χ3n) is 4.39. The molecule has 1 saturated heterocycles. The number of hydrogen-bond acceptors (Lipinski definition) is 6. The number of pyridine rings is 1. The Morgan fingerprint density at radius 3 is 2.62 bits per heavy atom. The van der Waals surface area contributed by atoms with E-state index in [0.717, 1.165) is 31.3 Å². The van der Waals surface area contributed by atoms with E-state index in [-0.39, 0.29) is 0 Å². The highest BCUT2D eigenvalue weighted by Gasteiger charge is 2.48. The quantitative estimate of drug-likeness (QED) is 0.592. The fourth-order valence-corrected chi connectivity index (χ4v) is 3.35. The van der Waals surface area contributed by atoms with Gasteiger partial charge in [0.1, 0.15) is 5.75 Å². The minimum absolute atomic E-state index is 0.402. The van der Waals surface area contributed by atoms with E-state index in [1.807, 2.05) is 14.1 Å². The van der Waals surface area contributed by atoms with E-state index in [1.54, 1.807) is 12.3 Å². The summed E-state index contributed by atoms with van der Waals surface area (Å²) >= 11 is 0. The number of halogens is 3. The molecule has 1 aliphatic heterocycles. The standard InChI is InChI=1S/C16H18F3N3O3S/c1-21(2)12-5-6-22(10-12)13-7-11-8-14(3-4-15(11)20-9-13)25-26(23,24)16(17,18)19/h3-4,7-9,12H,5-6,10H2,1-2H3/t12-/m0/s1. The highest BCUT2D eigenvalue weighted by molar-refractivity contribution is 7.88. The SMILES string of the molecule is CN(C)[C@H]1CCN(c2cnc3ccc(OS(=O)(=O)C(F)(F)F)cc3c2)C1. The largest absolute Gasteiger partial charge is 0.534 e. The van der Waals surface area contributed by atoms with Crippen molar-refractivity contribution in [1.29, 1.82) is 0 Å². The summed E-state index contributed by atoms with van der Waals surface area (Å²) in [5.41, 5.74) is -4.11. The maximum atomic E-state index is 12.5. The normalized spacial score (nSPS) is 18.7. The highest BCUT2D eigenvalue weighted by Crippen LogP contribution is 2.30. The second kappa shape index (κ2) is 6.58. The lowest BCUT2D eigenvalue weighted by Gasteiger charge is -2.21. The van der Waals surface area contributed by atoms with E-state index in [2.05, 4.69) is 19.0 Å². The second-order valence-electron chi connectivity index (χ2n) is 6.38. The Morgan fingerprint density at radius 1 is 1.27 bits per heavy atom.